The van der Waals surface area contributed by atoms with Crippen molar-refractivity contribution in [1.29, 1.82) is 0 Å². The molecule has 10 heteroatoms. The molecule has 2 heterocycles. The average Bonchev–Trinajstić information content (AvgIpc) is 3.24. The van der Waals surface area contributed by atoms with Gasteiger partial charge in [-0.25, -0.2) is 4.98 Å². The highest BCUT2D eigenvalue weighted by molar-refractivity contribution is 7.99. The molecule has 0 unspecified atom stereocenters. The molecule has 0 atom stereocenters. The van der Waals surface area contributed by atoms with E-state index in [4.69, 9.17) is 21.9 Å². The molecule has 5 rings (SSSR count). The number of ether oxygens (including phenoxy) is 1. The van der Waals surface area contributed by atoms with Crippen LogP contribution in [0.2, 0.25) is 0 Å². The number of nitrogens with one attached hydrogen (secondary N) is 1. The first kappa shape index (κ1) is 24.7. The standard InChI is InChI=1S/C26H26N4O3S3/c1-33-20-15-9-8-14-19(20)30-23-22(36-26(30)34)24(32)29(18-12-6-3-7-13-18)25(28-23)35-16-21(31)27-17-10-4-2-5-11-17/h3,6-9,12-15,17H,2,4-5,10-11,16H2,1H3,(H,27,31). The molecule has 1 aliphatic rings. The van der Waals surface area contributed by atoms with Crippen LogP contribution in [0.4, 0.5) is 0 Å². The van der Waals surface area contributed by atoms with Gasteiger partial charge in [-0.15, -0.1) is 0 Å². The van der Waals surface area contributed by atoms with Crippen LogP contribution in [0.3, 0.4) is 0 Å². The Balaban J connectivity index is 1.59. The summed E-state index contributed by atoms with van der Waals surface area (Å²) in [5, 5.41) is 3.58. The second-order valence-electron chi connectivity index (χ2n) is 8.59. The number of thioether (sulfide) groups is 1. The Morgan fingerprint density at radius 3 is 2.58 bits per heavy atom. The lowest BCUT2D eigenvalue weighted by Gasteiger charge is -2.22. The zero-order valence-corrected chi connectivity index (χ0v) is 22.3. The van der Waals surface area contributed by atoms with E-state index in [9.17, 15) is 9.59 Å². The maximum absolute atomic E-state index is 13.8. The number of carbonyl (C=O) groups excluding carboxylic acids is 1. The van der Waals surface area contributed by atoms with E-state index >= 15 is 0 Å². The van der Waals surface area contributed by atoms with E-state index < -0.39 is 0 Å². The van der Waals surface area contributed by atoms with E-state index in [0.717, 1.165) is 25.7 Å². The minimum Gasteiger partial charge on any atom is -0.495 e. The summed E-state index contributed by atoms with van der Waals surface area (Å²) in [6.45, 7) is 0. The zero-order chi connectivity index (χ0) is 25.1. The number of rotatable bonds is 7. The number of thiazole rings is 1. The predicted molar refractivity (Wildman–Crippen MR) is 148 cm³/mol. The van der Waals surface area contributed by atoms with E-state index in [1.54, 1.807) is 16.2 Å². The highest BCUT2D eigenvalue weighted by Gasteiger charge is 2.22. The van der Waals surface area contributed by atoms with E-state index in [-0.39, 0.29) is 23.3 Å². The highest BCUT2D eigenvalue weighted by Crippen LogP contribution is 2.31. The van der Waals surface area contributed by atoms with E-state index in [2.05, 4.69) is 5.32 Å². The van der Waals surface area contributed by atoms with Gasteiger partial charge in [0.2, 0.25) is 5.91 Å². The minimum absolute atomic E-state index is 0.0484. The van der Waals surface area contributed by atoms with Crippen LogP contribution < -0.4 is 15.6 Å². The maximum atomic E-state index is 13.8. The summed E-state index contributed by atoms with van der Waals surface area (Å²) in [6, 6.07) is 17.1. The molecule has 36 heavy (non-hydrogen) atoms. The first-order valence-corrected chi connectivity index (χ1v) is 14.1. The monoisotopic (exact) mass is 538 g/mol. The van der Waals surface area contributed by atoms with Crippen molar-refractivity contribution < 1.29 is 9.53 Å². The number of carbonyl (C=O) groups is 1. The predicted octanol–water partition coefficient (Wildman–Crippen LogP) is 5.52. The number of benzene rings is 2. The topological polar surface area (TPSA) is 78.1 Å². The van der Waals surface area contributed by atoms with Gasteiger partial charge in [0.25, 0.3) is 5.56 Å². The molecule has 2 aromatic heterocycles. The van der Waals surface area contributed by atoms with Gasteiger partial charge >= 0.3 is 0 Å². The second kappa shape index (κ2) is 11.0. The number of methoxy groups -OCH3 is 1. The van der Waals surface area contributed by atoms with Gasteiger partial charge in [0, 0.05) is 6.04 Å². The molecule has 0 spiro atoms. The molecule has 1 aliphatic carbocycles. The van der Waals surface area contributed by atoms with Crippen molar-refractivity contribution in [2.75, 3.05) is 12.9 Å². The molecule has 1 saturated carbocycles. The largest absolute Gasteiger partial charge is 0.495 e. The molecule has 0 saturated heterocycles. The van der Waals surface area contributed by atoms with Crippen molar-refractivity contribution in [3.8, 4) is 17.1 Å². The highest BCUT2D eigenvalue weighted by atomic mass is 32.2. The summed E-state index contributed by atoms with van der Waals surface area (Å²) < 4.78 is 9.83. The molecule has 1 amide bonds. The third kappa shape index (κ3) is 4.98. The summed E-state index contributed by atoms with van der Waals surface area (Å²) in [7, 11) is 1.60. The van der Waals surface area contributed by atoms with Gasteiger partial charge in [-0.2, -0.15) is 0 Å². The minimum atomic E-state index is -0.217. The molecule has 7 nitrogen and oxygen atoms in total. The quantitative estimate of drug-likeness (QED) is 0.190. The van der Waals surface area contributed by atoms with Crippen LogP contribution in [-0.2, 0) is 4.79 Å². The molecule has 0 bridgehead atoms. The van der Waals surface area contributed by atoms with Crippen LogP contribution in [0.1, 0.15) is 32.1 Å². The summed E-state index contributed by atoms with van der Waals surface area (Å²) in [5.41, 5.74) is 1.65. The average molecular weight is 539 g/mol. The fourth-order valence-electron chi connectivity index (χ4n) is 4.51. The van der Waals surface area contributed by atoms with E-state index in [0.29, 0.717) is 36.6 Å². The van der Waals surface area contributed by atoms with Gasteiger partial charge < -0.3 is 10.1 Å². The Labute approximate surface area is 222 Å². The Kier molecular flexibility index (Phi) is 7.54. The van der Waals surface area contributed by atoms with Crippen molar-refractivity contribution in [1.82, 2.24) is 19.4 Å². The Morgan fingerprint density at radius 2 is 1.83 bits per heavy atom. The Hall–Kier alpha value is -2.95. The number of aromatic nitrogens is 3. The molecule has 2 aromatic carbocycles. The molecular formula is C26H26N4O3S3. The molecule has 1 N–H and O–H groups in total. The zero-order valence-electron chi connectivity index (χ0n) is 19.8. The number of nitrogens with zero attached hydrogens (tertiary/aromatic N) is 3. The third-order valence-corrected chi connectivity index (χ3v) is 8.51. The lowest BCUT2D eigenvalue weighted by molar-refractivity contribution is -0.119. The first-order chi connectivity index (χ1) is 17.6. The summed E-state index contributed by atoms with van der Waals surface area (Å²) >= 11 is 8.15. The van der Waals surface area contributed by atoms with Crippen LogP contribution in [0, 0.1) is 3.95 Å². The van der Waals surface area contributed by atoms with E-state index in [1.807, 2.05) is 54.6 Å². The van der Waals surface area contributed by atoms with Crippen LogP contribution in [0.5, 0.6) is 5.75 Å². The smallest absolute Gasteiger partial charge is 0.278 e. The Bertz CT molecular complexity index is 1500. The maximum Gasteiger partial charge on any atom is 0.278 e. The lowest BCUT2D eigenvalue weighted by Crippen LogP contribution is -2.37. The number of hydrogen-bond donors (Lipinski definition) is 1. The van der Waals surface area contributed by atoms with Gasteiger partial charge in [-0.1, -0.05) is 72.7 Å². The number of fused-ring (bicyclic) bond motifs is 1. The van der Waals surface area contributed by atoms with Crippen LogP contribution in [0.25, 0.3) is 21.7 Å². The molecular weight excluding hydrogens is 513 g/mol. The van der Waals surface area contributed by atoms with Crippen molar-refractivity contribution in [3.05, 3.63) is 68.9 Å². The summed E-state index contributed by atoms with van der Waals surface area (Å²) in [4.78, 5) is 31.5. The van der Waals surface area contributed by atoms with Crippen LogP contribution in [0.15, 0.2) is 64.5 Å². The summed E-state index contributed by atoms with van der Waals surface area (Å²) in [6.07, 6.45) is 5.56. The van der Waals surface area contributed by atoms with Crippen LogP contribution in [-0.4, -0.2) is 38.9 Å². The molecule has 186 valence electrons. The molecule has 4 aromatic rings. The number of hydrogen-bond acceptors (Lipinski definition) is 7. The van der Waals surface area contributed by atoms with Gasteiger partial charge in [-0.05, 0) is 49.3 Å². The normalized spacial score (nSPS) is 14.1. The van der Waals surface area contributed by atoms with Crippen molar-refractivity contribution in [2.24, 2.45) is 0 Å². The molecule has 0 aliphatic heterocycles. The SMILES string of the molecule is COc1ccccc1-n1c(=S)sc2c(=O)n(-c3ccccc3)c(SCC(=O)NC3CCCCC3)nc21. The second-order valence-corrected chi connectivity index (χ2v) is 11.2. The number of amides is 1. The lowest BCUT2D eigenvalue weighted by atomic mass is 9.95. The van der Waals surface area contributed by atoms with Crippen molar-refractivity contribution in [2.45, 2.75) is 43.3 Å². The van der Waals surface area contributed by atoms with Crippen LogP contribution >= 0.6 is 35.3 Å². The molecule has 1 fully saturated rings. The van der Waals surface area contributed by atoms with Crippen molar-refractivity contribution in [3.63, 3.8) is 0 Å². The number of para-hydroxylation sites is 3. The van der Waals surface area contributed by atoms with Gasteiger partial charge in [-0.3, -0.25) is 18.7 Å². The first-order valence-electron chi connectivity index (χ1n) is 11.9. The fraction of sp³-hybridized carbons (Fsp3) is 0.308. The fourth-order valence-corrected chi connectivity index (χ4v) is 6.61. The Morgan fingerprint density at radius 1 is 1.11 bits per heavy atom. The van der Waals surface area contributed by atoms with Crippen molar-refractivity contribution >= 4 is 51.6 Å². The third-order valence-electron chi connectivity index (χ3n) is 6.22. The van der Waals surface area contributed by atoms with Gasteiger partial charge in [0.15, 0.2) is 14.8 Å². The van der Waals surface area contributed by atoms with Gasteiger partial charge in [0.05, 0.1) is 24.2 Å². The summed E-state index contributed by atoms with van der Waals surface area (Å²) in [5.74, 6) is 0.747. The van der Waals surface area contributed by atoms with Gasteiger partial charge in [0.1, 0.15) is 10.4 Å². The van der Waals surface area contributed by atoms with E-state index in [1.165, 1.54) is 29.5 Å². The molecule has 0 radical (unpaired) electrons.